The maximum absolute atomic E-state index is 12.2. The molecular formula is C14H12N4O3S. The molecule has 22 heavy (non-hydrogen) atoms. The van der Waals surface area contributed by atoms with Crippen LogP contribution >= 0.6 is 0 Å². The van der Waals surface area contributed by atoms with E-state index in [0.29, 0.717) is 11.6 Å². The predicted molar refractivity (Wildman–Crippen MR) is 79.5 cm³/mol. The minimum absolute atomic E-state index is 0.127. The Hall–Kier alpha value is -2.74. The number of nitrogens with one attached hydrogen (secondary N) is 1. The highest BCUT2D eigenvalue weighted by Crippen LogP contribution is 2.21. The molecule has 0 saturated carbocycles. The number of rotatable bonds is 4. The number of nitrogens with zero attached hydrogens (tertiary/aromatic N) is 3. The molecule has 0 bridgehead atoms. The minimum atomic E-state index is -3.70. The first-order valence-electron chi connectivity index (χ1n) is 6.36. The average Bonchev–Trinajstić information content (AvgIpc) is 2.95. The van der Waals surface area contributed by atoms with Gasteiger partial charge < -0.3 is 4.42 Å². The maximum atomic E-state index is 12.2. The third-order valence-electron chi connectivity index (χ3n) is 2.88. The van der Waals surface area contributed by atoms with Crippen LogP contribution in [0.5, 0.6) is 0 Å². The average molecular weight is 316 g/mol. The number of sulfonamides is 1. The molecule has 0 aliphatic heterocycles. The van der Waals surface area contributed by atoms with Gasteiger partial charge in [0.15, 0.2) is 11.7 Å². The van der Waals surface area contributed by atoms with Gasteiger partial charge in [-0.1, -0.05) is 12.1 Å². The highest BCUT2D eigenvalue weighted by molar-refractivity contribution is 7.92. The summed E-state index contributed by atoms with van der Waals surface area (Å²) in [6.07, 6.45) is 5.74. The molecular weight excluding hydrogens is 304 g/mol. The molecule has 2 heterocycles. The molecule has 2 aromatic heterocycles. The van der Waals surface area contributed by atoms with Gasteiger partial charge in [-0.05, 0) is 12.1 Å². The van der Waals surface area contributed by atoms with Crippen LogP contribution < -0.4 is 4.72 Å². The molecule has 112 valence electrons. The van der Waals surface area contributed by atoms with Crippen molar-refractivity contribution in [1.29, 1.82) is 0 Å². The summed E-state index contributed by atoms with van der Waals surface area (Å²) in [6.45, 7) is 1.74. The second kappa shape index (κ2) is 5.57. The van der Waals surface area contributed by atoms with E-state index in [4.69, 9.17) is 4.42 Å². The van der Waals surface area contributed by atoms with E-state index < -0.39 is 10.0 Å². The molecule has 0 atom stereocenters. The monoisotopic (exact) mass is 316 g/mol. The van der Waals surface area contributed by atoms with Gasteiger partial charge in [-0.3, -0.25) is 9.71 Å². The summed E-state index contributed by atoms with van der Waals surface area (Å²) in [5.74, 6) is 0.717. The number of aromatic nitrogens is 3. The Kier molecular flexibility index (Phi) is 3.60. The zero-order valence-electron chi connectivity index (χ0n) is 11.6. The van der Waals surface area contributed by atoms with Crippen molar-refractivity contribution >= 4 is 15.8 Å². The minimum Gasteiger partial charge on any atom is -0.449 e. The van der Waals surface area contributed by atoms with Crippen molar-refractivity contribution in [2.24, 2.45) is 0 Å². The molecule has 0 radical (unpaired) electrons. The Morgan fingerprint density at radius 3 is 2.50 bits per heavy atom. The molecule has 7 nitrogen and oxygen atoms in total. The van der Waals surface area contributed by atoms with E-state index in [0.717, 1.165) is 5.56 Å². The summed E-state index contributed by atoms with van der Waals surface area (Å²) in [6, 6.07) is 6.33. The van der Waals surface area contributed by atoms with Gasteiger partial charge in [0.2, 0.25) is 0 Å². The van der Waals surface area contributed by atoms with Crippen molar-refractivity contribution in [3.63, 3.8) is 0 Å². The summed E-state index contributed by atoms with van der Waals surface area (Å²) in [4.78, 5) is 12.0. The molecule has 1 N–H and O–H groups in total. The van der Waals surface area contributed by atoms with Gasteiger partial charge in [0.1, 0.15) is 12.0 Å². The van der Waals surface area contributed by atoms with E-state index in [-0.39, 0.29) is 10.7 Å². The molecule has 0 aliphatic rings. The smallest absolute Gasteiger partial charge is 0.263 e. The predicted octanol–water partition coefficient (Wildman–Crippen LogP) is 2.24. The molecule has 0 spiro atoms. The van der Waals surface area contributed by atoms with Gasteiger partial charge in [-0.2, -0.15) is 0 Å². The SMILES string of the molecule is Cc1nc(-c2ccc(S(=O)(=O)Nc3cnccn3)cc2)co1. The first kappa shape index (κ1) is 14.2. The van der Waals surface area contributed by atoms with Crippen LogP contribution in [0.4, 0.5) is 5.82 Å². The summed E-state index contributed by atoms with van der Waals surface area (Å²) >= 11 is 0. The van der Waals surface area contributed by atoms with Crippen molar-refractivity contribution in [2.45, 2.75) is 11.8 Å². The van der Waals surface area contributed by atoms with Gasteiger partial charge >= 0.3 is 0 Å². The normalized spacial score (nSPS) is 11.3. The number of hydrogen-bond donors (Lipinski definition) is 1. The van der Waals surface area contributed by atoms with E-state index in [1.165, 1.54) is 37.0 Å². The Balaban J connectivity index is 1.86. The van der Waals surface area contributed by atoms with Crippen molar-refractivity contribution < 1.29 is 12.8 Å². The van der Waals surface area contributed by atoms with Crippen LogP contribution in [0.2, 0.25) is 0 Å². The Labute approximate surface area is 127 Å². The lowest BCUT2D eigenvalue weighted by atomic mass is 10.2. The van der Waals surface area contributed by atoms with Crippen molar-refractivity contribution in [1.82, 2.24) is 15.0 Å². The second-order valence-electron chi connectivity index (χ2n) is 4.47. The topological polar surface area (TPSA) is 98.0 Å². The van der Waals surface area contributed by atoms with Gasteiger partial charge in [0.05, 0.1) is 11.1 Å². The Bertz CT molecular complexity index is 874. The number of oxazole rings is 1. The molecule has 0 saturated heterocycles. The summed E-state index contributed by atoms with van der Waals surface area (Å²) < 4.78 is 32.0. The van der Waals surface area contributed by atoms with Crippen molar-refractivity contribution in [2.75, 3.05) is 4.72 Å². The standard InChI is InChI=1S/C14H12N4O3S/c1-10-17-13(9-21-10)11-2-4-12(5-3-11)22(19,20)18-14-8-15-6-7-16-14/h2-9H,1H3,(H,16,18). The summed E-state index contributed by atoms with van der Waals surface area (Å²) in [5, 5.41) is 0. The maximum Gasteiger partial charge on any atom is 0.263 e. The fourth-order valence-corrected chi connectivity index (χ4v) is 2.84. The third-order valence-corrected chi connectivity index (χ3v) is 4.25. The fraction of sp³-hybridized carbons (Fsp3) is 0.0714. The summed E-state index contributed by atoms with van der Waals surface area (Å²) in [7, 11) is -3.70. The van der Waals surface area contributed by atoms with E-state index in [9.17, 15) is 8.42 Å². The number of hydrogen-bond acceptors (Lipinski definition) is 6. The quantitative estimate of drug-likeness (QED) is 0.792. The lowest BCUT2D eigenvalue weighted by molar-refractivity contribution is 0.521. The van der Waals surface area contributed by atoms with Gasteiger partial charge in [-0.25, -0.2) is 18.4 Å². The highest BCUT2D eigenvalue weighted by atomic mass is 32.2. The number of aryl methyl sites for hydroxylation is 1. The van der Waals surface area contributed by atoms with E-state index >= 15 is 0 Å². The van der Waals surface area contributed by atoms with Crippen molar-refractivity contribution in [3.8, 4) is 11.3 Å². The van der Waals surface area contributed by atoms with Crippen LogP contribution in [0.1, 0.15) is 5.89 Å². The zero-order valence-corrected chi connectivity index (χ0v) is 12.4. The van der Waals surface area contributed by atoms with Crippen molar-refractivity contribution in [3.05, 3.63) is 55.0 Å². The molecule has 3 rings (SSSR count). The largest absolute Gasteiger partial charge is 0.449 e. The zero-order chi connectivity index (χ0) is 15.6. The molecule has 0 amide bonds. The Morgan fingerprint density at radius 2 is 1.91 bits per heavy atom. The van der Waals surface area contributed by atoms with E-state index in [2.05, 4.69) is 19.7 Å². The lowest BCUT2D eigenvalue weighted by Crippen LogP contribution is -2.13. The first-order chi connectivity index (χ1) is 10.5. The molecule has 0 aliphatic carbocycles. The number of anilines is 1. The molecule has 0 unspecified atom stereocenters. The van der Waals surface area contributed by atoms with E-state index in [1.54, 1.807) is 19.1 Å². The van der Waals surface area contributed by atoms with Crippen LogP contribution in [0, 0.1) is 6.92 Å². The van der Waals surface area contributed by atoms with Crippen LogP contribution in [-0.2, 0) is 10.0 Å². The summed E-state index contributed by atoms with van der Waals surface area (Å²) in [5.41, 5.74) is 1.43. The van der Waals surface area contributed by atoms with Gasteiger partial charge in [-0.15, -0.1) is 0 Å². The van der Waals surface area contributed by atoms with Crippen LogP contribution in [0.25, 0.3) is 11.3 Å². The van der Waals surface area contributed by atoms with Crippen LogP contribution in [0.3, 0.4) is 0 Å². The highest BCUT2D eigenvalue weighted by Gasteiger charge is 2.15. The molecule has 0 fully saturated rings. The Morgan fingerprint density at radius 1 is 1.14 bits per heavy atom. The van der Waals surface area contributed by atoms with Gasteiger partial charge in [0, 0.05) is 24.9 Å². The second-order valence-corrected chi connectivity index (χ2v) is 6.15. The molecule has 3 aromatic rings. The van der Waals surface area contributed by atoms with Crippen LogP contribution in [-0.4, -0.2) is 23.4 Å². The molecule has 8 heteroatoms. The fourth-order valence-electron chi connectivity index (χ4n) is 1.85. The van der Waals surface area contributed by atoms with Crippen LogP contribution in [0.15, 0.2) is 58.4 Å². The molecule has 1 aromatic carbocycles. The van der Waals surface area contributed by atoms with Gasteiger partial charge in [0.25, 0.3) is 10.0 Å². The lowest BCUT2D eigenvalue weighted by Gasteiger charge is -2.07. The third kappa shape index (κ3) is 2.96. The van der Waals surface area contributed by atoms with E-state index in [1.807, 2.05) is 0 Å². The first-order valence-corrected chi connectivity index (χ1v) is 7.84. The number of benzene rings is 1.